The van der Waals surface area contributed by atoms with Crippen molar-refractivity contribution in [2.24, 2.45) is 0 Å². The smallest absolute Gasteiger partial charge is 0.375 e. The summed E-state index contributed by atoms with van der Waals surface area (Å²) in [4.78, 5) is 12.4. The van der Waals surface area contributed by atoms with Gasteiger partial charge in [-0.3, -0.25) is 9.36 Å². The van der Waals surface area contributed by atoms with Gasteiger partial charge in [0.05, 0.1) is 17.1 Å². The number of hydrogen-bond donors (Lipinski definition) is 2. The van der Waals surface area contributed by atoms with Crippen LogP contribution in [-0.4, -0.2) is 39.1 Å². The lowest BCUT2D eigenvalue weighted by atomic mass is 10.0. The number of anilines is 2. The Morgan fingerprint density at radius 2 is 1.77 bits per heavy atom. The lowest BCUT2D eigenvalue weighted by molar-refractivity contribution is -0.115. The Hall–Kier alpha value is -3.01. The molecule has 31 heavy (non-hydrogen) atoms. The Labute approximate surface area is 182 Å². The van der Waals surface area contributed by atoms with Crippen LogP contribution in [0, 0.1) is 0 Å². The molecule has 3 rings (SSSR count). The molecule has 0 aliphatic rings. The van der Waals surface area contributed by atoms with Gasteiger partial charge in [-0.15, -0.1) is 10.2 Å². The standard InChI is InChI=1S/C21H22F3N5OS/c1-14(2)15-7-9-16(10-8-15)29-13-26-28-20(29)31-11-19(30)27-18-6-4-3-5-17(18)25-12-21(22,23)24/h3-10,13-14,25H,11-12H2,1-2H3,(H,27,30). The number of halogens is 3. The van der Waals surface area contributed by atoms with Gasteiger partial charge in [-0.25, -0.2) is 0 Å². The quantitative estimate of drug-likeness (QED) is 0.469. The van der Waals surface area contributed by atoms with Crippen LogP contribution in [0.5, 0.6) is 0 Å². The Morgan fingerprint density at radius 3 is 2.42 bits per heavy atom. The monoisotopic (exact) mass is 449 g/mol. The van der Waals surface area contributed by atoms with E-state index in [1.54, 1.807) is 29.1 Å². The normalized spacial score (nSPS) is 11.5. The van der Waals surface area contributed by atoms with Gasteiger partial charge in [-0.05, 0) is 35.7 Å². The van der Waals surface area contributed by atoms with Crippen LogP contribution in [-0.2, 0) is 4.79 Å². The molecule has 0 radical (unpaired) electrons. The van der Waals surface area contributed by atoms with Crippen LogP contribution in [0.2, 0.25) is 0 Å². The number of nitrogens with one attached hydrogen (secondary N) is 2. The summed E-state index contributed by atoms with van der Waals surface area (Å²) in [6.45, 7) is 3.04. The van der Waals surface area contributed by atoms with E-state index in [4.69, 9.17) is 0 Å². The number of carbonyl (C=O) groups excluding carboxylic acids is 1. The summed E-state index contributed by atoms with van der Waals surface area (Å²) in [5.74, 6) is 0.0769. The molecule has 2 aromatic carbocycles. The van der Waals surface area contributed by atoms with Crippen LogP contribution in [0.3, 0.4) is 0 Å². The number of thioether (sulfide) groups is 1. The van der Waals surface area contributed by atoms with Crippen molar-refractivity contribution in [3.63, 3.8) is 0 Å². The molecule has 0 saturated carbocycles. The van der Waals surface area contributed by atoms with Crippen LogP contribution >= 0.6 is 11.8 Å². The SMILES string of the molecule is CC(C)c1ccc(-n2cnnc2SCC(=O)Nc2ccccc2NCC(F)(F)F)cc1. The van der Waals surface area contributed by atoms with Gasteiger partial charge in [0, 0.05) is 5.69 Å². The number of amides is 1. The van der Waals surface area contributed by atoms with Crippen LogP contribution in [0.1, 0.15) is 25.3 Å². The van der Waals surface area contributed by atoms with Crippen molar-refractivity contribution in [1.29, 1.82) is 0 Å². The van der Waals surface area contributed by atoms with Gasteiger partial charge in [-0.1, -0.05) is 49.9 Å². The molecule has 164 valence electrons. The number of aromatic nitrogens is 3. The zero-order valence-corrected chi connectivity index (χ0v) is 17.8. The van der Waals surface area contributed by atoms with Crippen LogP contribution in [0.4, 0.5) is 24.5 Å². The van der Waals surface area contributed by atoms with Crippen molar-refractivity contribution in [1.82, 2.24) is 14.8 Å². The van der Waals surface area contributed by atoms with Gasteiger partial charge >= 0.3 is 6.18 Å². The van der Waals surface area contributed by atoms with E-state index in [9.17, 15) is 18.0 Å². The first-order valence-corrected chi connectivity index (χ1v) is 10.5. The van der Waals surface area contributed by atoms with Crippen molar-refractivity contribution >= 4 is 29.0 Å². The molecular weight excluding hydrogens is 427 g/mol. The third-order valence-electron chi connectivity index (χ3n) is 4.37. The molecule has 0 unspecified atom stereocenters. The molecule has 0 spiro atoms. The molecule has 0 aliphatic heterocycles. The molecule has 1 amide bonds. The second kappa shape index (κ2) is 9.86. The summed E-state index contributed by atoms with van der Waals surface area (Å²) in [6.07, 6.45) is -2.79. The van der Waals surface area contributed by atoms with Gasteiger partial charge in [0.15, 0.2) is 5.16 Å². The molecule has 3 aromatic rings. The average molecular weight is 450 g/mol. The molecule has 0 fully saturated rings. The maximum absolute atomic E-state index is 12.5. The summed E-state index contributed by atoms with van der Waals surface area (Å²) in [7, 11) is 0. The number of benzene rings is 2. The largest absolute Gasteiger partial charge is 0.405 e. The topological polar surface area (TPSA) is 71.8 Å². The minimum Gasteiger partial charge on any atom is -0.375 e. The maximum atomic E-state index is 12.5. The second-order valence-electron chi connectivity index (χ2n) is 7.08. The zero-order chi connectivity index (χ0) is 22.4. The first-order valence-electron chi connectivity index (χ1n) is 9.55. The highest BCUT2D eigenvalue weighted by molar-refractivity contribution is 7.99. The minimum atomic E-state index is -4.36. The number of nitrogens with zero attached hydrogens (tertiary/aromatic N) is 3. The summed E-state index contributed by atoms with van der Waals surface area (Å²) in [6, 6.07) is 14.2. The predicted octanol–water partition coefficient (Wildman–Crippen LogP) is 5.10. The molecule has 0 atom stereocenters. The van der Waals surface area contributed by atoms with Crippen molar-refractivity contribution in [3.8, 4) is 5.69 Å². The van der Waals surface area contributed by atoms with Gasteiger partial charge in [-0.2, -0.15) is 13.2 Å². The number of para-hydroxylation sites is 2. The molecule has 6 nitrogen and oxygen atoms in total. The summed E-state index contributed by atoms with van der Waals surface area (Å²) in [5.41, 5.74) is 2.57. The first kappa shape index (κ1) is 22.7. The Morgan fingerprint density at radius 1 is 1.10 bits per heavy atom. The summed E-state index contributed by atoms with van der Waals surface area (Å²) >= 11 is 1.19. The van der Waals surface area contributed by atoms with E-state index in [2.05, 4.69) is 34.7 Å². The van der Waals surface area contributed by atoms with Crippen molar-refractivity contribution < 1.29 is 18.0 Å². The number of rotatable bonds is 8. The highest BCUT2D eigenvalue weighted by atomic mass is 32.2. The van der Waals surface area contributed by atoms with Crippen LogP contribution in [0.15, 0.2) is 60.0 Å². The van der Waals surface area contributed by atoms with Crippen molar-refractivity contribution in [3.05, 3.63) is 60.4 Å². The molecule has 2 N–H and O–H groups in total. The number of alkyl halides is 3. The molecular formula is C21H22F3N5OS. The van der Waals surface area contributed by atoms with Crippen molar-refractivity contribution in [2.75, 3.05) is 22.9 Å². The number of carbonyl (C=O) groups is 1. The first-order chi connectivity index (χ1) is 14.7. The van der Waals surface area contributed by atoms with Gasteiger partial charge < -0.3 is 10.6 Å². The molecule has 0 saturated heterocycles. The molecule has 1 aromatic heterocycles. The third-order valence-corrected chi connectivity index (χ3v) is 5.31. The van der Waals surface area contributed by atoms with E-state index in [1.165, 1.54) is 23.4 Å². The number of hydrogen-bond acceptors (Lipinski definition) is 5. The summed E-state index contributed by atoms with van der Waals surface area (Å²) in [5, 5.41) is 13.5. The Balaban J connectivity index is 1.62. The lowest BCUT2D eigenvalue weighted by Crippen LogP contribution is -2.22. The van der Waals surface area contributed by atoms with Gasteiger partial charge in [0.25, 0.3) is 0 Å². The molecule has 0 aliphatic carbocycles. The second-order valence-corrected chi connectivity index (χ2v) is 8.02. The van der Waals surface area contributed by atoms with E-state index in [1.807, 2.05) is 24.3 Å². The fraction of sp³-hybridized carbons (Fsp3) is 0.286. The highest BCUT2D eigenvalue weighted by Crippen LogP contribution is 2.25. The van der Waals surface area contributed by atoms with Crippen LogP contribution in [0.25, 0.3) is 5.69 Å². The van der Waals surface area contributed by atoms with E-state index in [0.29, 0.717) is 11.1 Å². The average Bonchev–Trinajstić information content (AvgIpc) is 3.20. The fourth-order valence-corrected chi connectivity index (χ4v) is 3.51. The zero-order valence-electron chi connectivity index (χ0n) is 17.0. The highest BCUT2D eigenvalue weighted by Gasteiger charge is 2.27. The van der Waals surface area contributed by atoms with Crippen LogP contribution < -0.4 is 10.6 Å². The Bertz CT molecular complexity index is 1020. The van der Waals surface area contributed by atoms with Crippen molar-refractivity contribution in [2.45, 2.75) is 31.1 Å². The van der Waals surface area contributed by atoms with E-state index in [0.717, 1.165) is 5.69 Å². The summed E-state index contributed by atoms with van der Waals surface area (Å²) < 4.78 is 39.2. The predicted molar refractivity (Wildman–Crippen MR) is 116 cm³/mol. The lowest BCUT2D eigenvalue weighted by Gasteiger charge is -2.14. The van der Waals surface area contributed by atoms with E-state index in [-0.39, 0.29) is 23.0 Å². The Kier molecular flexibility index (Phi) is 7.21. The third kappa shape index (κ3) is 6.48. The molecule has 10 heteroatoms. The molecule has 0 bridgehead atoms. The van der Waals surface area contributed by atoms with E-state index >= 15 is 0 Å². The van der Waals surface area contributed by atoms with Gasteiger partial charge in [0.2, 0.25) is 5.91 Å². The minimum absolute atomic E-state index is 0.0242. The van der Waals surface area contributed by atoms with E-state index < -0.39 is 12.7 Å². The maximum Gasteiger partial charge on any atom is 0.405 e. The molecule has 1 heterocycles. The van der Waals surface area contributed by atoms with Gasteiger partial charge in [0.1, 0.15) is 12.9 Å². The fourth-order valence-electron chi connectivity index (χ4n) is 2.78.